The summed E-state index contributed by atoms with van der Waals surface area (Å²) in [4.78, 5) is 2.14. The minimum atomic E-state index is 0.00472. The van der Waals surface area contributed by atoms with Crippen molar-refractivity contribution in [1.82, 2.24) is 10.2 Å². The Morgan fingerprint density at radius 2 is 2.00 bits per heavy atom. The van der Waals surface area contributed by atoms with Gasteiger partial charge in [-0.3, -0.25) is 0 Å². The summed E-state index contributed by atoms with van der Waals surface area (Å²) < 4.78 is 0. The third kappa shape index (κ3) is 2.51. The Labute approximate surface area is 76.3 Å². The third-order valence-electron chi connectivity index (χ3n) is 2.43. The Morgan fingerprint density at radius 1 is 1.50 bits per heavy atom. The van der Waals surface area contributed by atoms with Gasteiger partial charge in [-0.2, -0.15) is 0 Å². The van der Waals surface area contributed by atoms with Gasteiger partial charge in [0, 0.05) is 5.54 Å². The fraction of sp³-hybridized carbons (Fsp3) is 0.800. The van der Waals surface area contributed by atoms with Gasteiger partial charge in [0.2, 0.25) is 0 Å². The van der Waals surface area contributed by atoms with Crippen LogP contribution in [0.4, 0.5) is 0 Å². The molecule has 1 N–H and O–H groups in total. The van der Waals surface area contributed by atoms with Crippen LogP contribution in [0.3, 0.4) is 0 Å². The zero-order valence-electron chi connectivity index (χ0n) is 8.81. The van der Waals surface area contributed by atoms with Gasteiger partial charge in [0.1, 0.15) is 0 Å². The minimum absolute atomic E-state index is 0.00472. The highest BCUT2D eigenvalue weighted by atomic mass is 15.2. The fourth-order valence-corrected chi connectivity index (χ4v) is 0.975. The first-order valence-electron chi connectivity index (χ1n) is 4.33. The Bertz CT molecular complexity index is 165. The van der Waals surface area contributed by atoms with Crippen LogP contribution in [0, 0.1) is 12.3 Å². The number of hydrogen-bond acceptors (Lipinski definition) is 2. The number of nitrogens with one attached hydrogen (secondary N) is 1. The van der Waals surface area contributed by atoms with Gasteiger partial charge in [-0.25, -0.2) is 0 Å². The zero-order valence-corrected chi connectivity index (χ0v) is 8.81. The highest BCUT2D eigenvalue weighted by molar-refractivity contribution is 5.09. The van der Waals surface area contributed by atoms with Gasteiger partial charge in [0.25, 0.3) is 0 Å². The molecule has 70 valence electrons. The molecule has 0 saturated heterocycles. The van der Waals surface area contributed by atoms with E-state index in [2.05, 4.69) is 36.9 Å². The highest BCUT2D eigenvalue weighted by Gasteiger charge is 2.29. The monoisotopic (exact) mass is 168 g/mol. The van der Waals surface area contributed by atoms with E-state index >= 15 is 0 Å². The van der Waals surface area contributed by atoms with Crippen molar-refractivity contribution in [2.45, 2.75) is 32.4 Å². The molecule has 0 aromatic heterocycles. The third-order valence-corrected chi connectivity index (χ3v) is 2.43. The van der Waals surface area contributed by atoms with Crippen molar-refractivity contribution in [1.29, 1.82) is 0 Å². The van der Waals surface area contributed by atoms with Gasteiger partial charge >= 0.3 is 0 Å². The van der Waals surface area contributed by atoms with E-state index in [1.54, 1.807) is 0 Å². The van der Waals surface area contributed by atoms with Crippen molar-refractivity contribution < 1.29 is 0 Å². The second-order valence-electron chi connectivity index (χ2n) is 3.71. The maximum atomic E-state index is 5.44. The number of nitrogens with zero attached hydrogens (tertiary/aromatic N) is 1. The highest BCUT2D eigenvalue weighted by Crippen LogP contribution is 2.14. The molecule has 0 aliphatic heterocycles. The van der Waals surface area contributed by atoms with Crippen LogP contribution < -0.4 is 5.32 Å². The summed E-state index contributed by atoms with van der Waals surface area (Å²) in [5, 5.41) is 3.28. The zero-order chi connectivity index (χ0) is 9.78. The first-order valence-corrected chi connectivity index (χ1v) is 4.33. The van der Waals surface area contributed by atoms with Crippen LogP contribution in [0.25, 0.3) is 0 Å². The van der Waals surface area contributed by atoms with Gasteiger partial charge in [-0.1, -0.05) is 12.8 Å². The van der Waals surface area contributed by atoms with Crippen molar-refractivity contribution in [2.24, 2.45) is 0 Å². The quantitative estimate of drug-likeness (QED) is 0.628. The van der Waals surface area contributed by atoms with Gasteiger partial charge in [-0.05, 0) is 34.5 Å². The number of likely N-dealkylation sites (N-methyl/N-ethyl adjacent to an activating group) is 2. The van der Waals surface area contributed by atoms with Gasteiger partial charge < -0.3 is 10.2 Å². The van der Waals surface area contributed by atoms with Crippen LogP contribution >= 0.6 is 0 Å². The Kier molecular flexibility index (Phi) is 4.30. The van der Waals surface area contributed by atoms with Gasteiger partial charge in [0.15, 0.2) is 0 Å². The standard InChI is InChI=1S/C10H20N2/c1-7-9(11-8-2)10(3,4)12(5)6/h1,9,11H,8H2,2-6H3. The molecule has 0 saturated carbocycles. The van der Waals surface area contributed by atoms with Crippen molar-refractivity contribution in [3.05, 3.63) is 0 Å². The SMILES string of the molecule is C#CC(NCC)C(C)(C)N(C)C. The molecule has 0 aromatic carbocycles. The topological polar surface area (TPSA) is 15.3 Å². The summed E-state index contributed by atoms with van der Waals surface area (Å²) in [7, 11) is 4.09. The maximum absolute atomic E-state index is 5.44. The first-order chi connectivity index (χ1) is 5.46. The molecular formula is C10H20N2. The largest absolute Gasteiger partial charge is 0.302 e. The molecule has 0 fully saturated rings. The van der Waals surface area contributed by atoms with E-state index in [0.29, 0.717) is 0 Å². The van der Waals surface area contributed by atoms with E-state index in [0.717, 1.165) is 6.54 Å². The Balaban J connectivity index is 4.39. The van der Waals surface area contributed by atoms with Crippen molar-refractivity contribution in [3.63, 3.8) is 0 Å². The van der Waals surface area contributed by atoms with E-state index in [4.69, 9.17) is 6.42 Å². The maximum Gasteiger partial charge on any atom is 0.0867 e. The summed E-state index contributed by atoms with van der Waals surface area (Å²) in [6.07, 6.45) is 5.44. The van der Waals surface area contributed by atoms with E-state index in [1.165, 1.54) is 0 Å². The molecular weight excluding hydrogens is 148 g/mol. The average molecular weight is 168 g/mol. The molecule has 1 atom stereocenters. The fourth-order valence-electron chi connectivity index (χ4n) is 0.975. The van der Waals surface area contributed by atoms with E-state index in [-0.39, 0.29) is 11.6 Å². The van der Waals surface area contributed by atoms with Crippen molar-refractivity contribution >= 4 is 0 Å². The molecule has 0 amide bonds. The average Bonchev–Trinajstić information content (AvgIpc) is 1.99. The molecule has 0 aliphatic rings. The number of hydrogen-bond donors (Lipinski definition) is 1. The van der Waals surface area contributed by atoms with Crippen LogP contribution in [-0.2, 0) is 0 Å². The molecule has 0 aromatic rings. The number of terminal acetylenes is 1. The summed E-state index contributed by atoms with van der Waals surface area (Å²) in [5.41, 5.74) is 0.00472. The first kappa shape index (κ1) is 11.5. The van der Waals surface area contributed by atoms with E-state index < -0.39 is 0 Å². The summed E-state index contributed by atoms with van der Waals surface area (Å²) in [6.45, 7) is 7.25. The van der Waals surface area contributed by atoms with Crippen LogP contribution in [0.1, 0.15) is 20.8 Å². The van der Waals surface area contributed by atoms with Crippen LogP contribution in [0.2, 0.25) is 0 Å². The van der Waals surface area contributed by atoms with E-state index in [1.807, 2.05) is 14.1 Å². The molecule has 0 aliphatic carbocycles. The summed E-state index contributed by atoms with van der Waals surface area (Å²) >= 11 is 0. The lowest BCUT2D eigenvalue weighted by molar-refractivity contribution is 0.164. The van der Waals surface area contributed by atoms with Gasteiger partial charge in [-0.15, -0.1) is 6.42 Å². The number of rotatable bonds is 4. The molecule has 0 rings (SSSR count). The lowest BCUT2D eigenvalue weighted by Crippen LogP contribution is -2.54. The molecule has 12 heavy (non-hydrogen) atoms. The van der Waals surface area contributed by atoms with Gasteiger partial charge in [0.05, 0.1) is 6.04 Å². The Morgan fingerprint density at radius 3 is 2.25 bits per heavy atom. The molecule has 1 unspecified atom stereocenters. The van der Waals surface area contributed by atoms with Crippen LogP contribution in [-0.4, -0.2) is 37.1 Å². The molecule has 0 heterocycles. The molecule has 0 bridgehead atoms. The second kappa shape index (κ2) is 4.49. The van der Waals surface area contributed by atoms with Crippen molar-refractivity contribution in [2.75, 3.05) is 20.6 Å². The van der Waals surface area contributed by atoms with Crippen molar-refractivity contribution in [3.8, 4) is 12.3 Å². The molecule has 0 radical (unpaired) electrons. The molecule has 2 nitrogen and oxygen atoms in total. The Hall–Kier alpha value is -0.520. The second-order valence-corrected chi connectivity index (χ2v) is 3.71. The normalized spacial score (nSPS) is 14.4. The molecule has 0 spiro atoms. The van der Waals surface area contributed by atoms with Crippen LogP contribution in [0.15, 0.2) is 0 Å². The van der Waals surface area contributed by atoms with E-state index in [9.17, 15) is 0 Å². The molecule has 2 heteroatoms. The minimum Gasteiger partial charge on any atom is -0.302 e. The predicted octanol–water partition coefficient (Wildman–Crippen LogP) is 0.938. The predicted molar refractivity (Wildman–Crippen MR) is 54.1 cm³/mol. The van der Waals surface area contributed by atoms with Crippen LogP contribution in [0.5, 0.6) is 0 Å². The lowest BCUT2D eigenvalue weighted by atomic mass is 9.94. The smallest absolute Gasteiger partial charge is 0.0867 e. The summed E-state index contributed by atoms with van der Waals surface area (Å²) in [6, 6.07) is 0.109. The summed E-state index contributed by atoms with van der Waals surface area (Å²) in [5.74, 6) is 2.77. The lowest BCUT2D eigenvalue weighted by Gasteiger charge is -2.37.